The monoisotopic (exact) mass is 350 g/mol. The Balaban J connectivity index is 1.56. The van der Waals surface area contributed by atoms with Crippen molar-refractivity contribution in [3.8, 4) is 0 Å². The van der Waals surface area contributed by atoms with E-state index in [1.807, 2.05) is 42.5 Å². The number of anilines is 1. The molecule has 3 N–H and O–H groups in total. The van der Waals surface area contributed by atoms with E-state index in [9.17, 15) is 9.59 Å². The second kappa shape index (κ2) is 7.60. The van der Waals surface area contributed by atoms with Crippen LogP contribution >= 0.6 is 0 Å². The van der Waals surface area contributed by atoms with Crippen molar-refractivity contribution in [1.82, 2.24) is 4.90 Å². The van der Waals surface area contributed by atoms with Crippen LogP contribution in [0.1, 0.15) is 30.4 Å². The molecule has 5 heteroatoms. The number of rotatable bonds is 7. The van der Waals surface area contributed by atoms with E-state index in [0.29, 0.717) is 6.54 Å². The molecule has 135 valence electrons. The third kappa shape index (κ3) is 4.42. The highest BCUT2D eigenvalue weighted by molar-refractivity contribution is 5.99. The fraction of sp³-hybridized carbons (Fsp3) is 0.286. The molecule has 26 heavy (non-hydrogen) atoms. The van der Waals surface area contributed by atoms with Gasteiger partial charge < -0.3 is 16.0 Å². The predicted octanol–water partition coefficient (Wildman–Crippen LogP) is 3.31. The van der Waals surface area contributed by atoms with Gasteiger partial charge in [-0.2, -0.15) is 0 Å². The zero-order valence-electron chi connectivity index (χ0n) is 14.9. The summed E-state index contributed by atoms with van der Waals surface area (Å²) in [4.78, 5) is 24.8. The summed E-state index contributed by atoms with van der Waals surface area (Å²) in [5.41, 5.74) is 8.33. The molecule has 0 saturated heterocycles. The van der Waals surface area contributed by atoms with Gasteiger partial charge in [-0.3, -0.25) is 4.79 Å². The highest BCUT2D eigenvalue weighted by Gasteiger charge is 2.43. The summed E-state index contributed by atoms with van der Waals surface area (Å²) >= 11 is 0. The maximum atomic E-state index is 12.1. The van der Waals surface area contributed by atoms with Crippen molar-refractivity contribution >= 4 is 17.6 Å². The van der Waals surface area contributed by atoms with E-state index in [4.69, 9.17) is 5.73 Å². The van der Waals surface area contributed by atoms with Crippen molar-refractivity contribution < 1.29 is 9.59 Å². The number of hydrogen-bond donors (Lipinski definition) is 2. The molecule has 1 saturated carbocycles. The van der Waals surface area contributed by atoms with Gasteiger partial charge in [0.25, 0.3) is 0 Å². The molecule has 1 aliphatic carbocycles. The van der Waals surface area contributed by atoms with Gasteiger partial charge in [0.2, 0.25) is 5.91 Å². The van der Waals surface area contributed by atoms with Crippen LogP contribution in [0.5, 0.6) is 0 Å². The van der Waals surface area contributed by atoms with Crippen LogP contribution in [0.15, 0.2) is 54.6 Å². The Morgan fingerprint density at radius 3 is 2.35 bits per heavy atom. The Bertz CT molecular complexity index is 768. The Morgan fingerprint density at radius 2 is 1.77 bits per heavy atom. The second-order valence-electron chi connectivity index (χ2n) is 6.91. The number of nitrogens with zero attached hydrogens (tertiary/aromatic N) is 1. The summed E-state index contributed by atoms with van der Waals surface area (Å²) in [6, 6.07) is 17.1. The number of nitrogens with one attached hydrogen (secondary N) is 1. The molecule has 3 amide bonds. The van der Waals surface area contributed by atoms with E-state index >= 15 is 0 Å². The molecule has 2 aromatic carbocycles. The summed E-state index contributed by atoms with van der Waals surface area (Å²) < 4.78 is 0. The molecule has 5 nitrogen and oxygen atoms in total. The number of primary amides is 1. The minimum absolute atomic E-state index is 0.141. The van der Waals surface area contributed by atoms with Crippen LogP contribution in [0.4, 0.5) is 10.5 Å². The lowest BCUT2D eigenvalue weighted by molar-refractivity contribution is -0.112. The molecule has 0 aromatic heterocycles. The van der Waals surface area contributed by atoms with Gasteiger partial charge in [-0.25, -0.2) is 4.79 Å². The molecule has 0 heterocycles. The van der Waals surface area contributed by atoms with E-state index in [-0.39, 0.29) is 11.3 Å². The average Bonchev–Trinajstić information content (AvgIpc) is 3.42. The topological polar surface area (TPSA) is 75.4 Å². The molecule has 1 fully saturated rings. The lowest BCUT2D eigenvalue weighted by Gasteiger charge is -2.20. The molecule has 0 bridgehead atoms. The van der Waals surface area contributed by atoms with Crippen molar-refractivity contribution in [2.45, 2.75) is 24.7 Å². The van der Waals surface area contributed by atoms with Crippen LogP contribution in [-0.2, 0) is 10.2 Å². The van der Waals surface area contributed by atoms with E-state index in [1.165, 1.54) is 5.56 Å². The van der Waals surface area contributed by atoms with Gasteiger partial charge in [-0.1, -0.05) is 42.5 Å². The van der Waals surface area contributed by atoms with Crippen LogP contribution < -0.4 is 11.1 Å². The van der Waals surface area contributed by atoms with Crippen LogP contribution in [0.25, 0.3) is 0 Å². The number of urea groups is 1. The number of carbonyl (C=O) groups is 2. The third-order valence-corrected chi connectivity index (χ3v) is 5.02. The summed E-state index contributed by atoms with van der Waals surface area (Å²) in [6.07, 6.45) is 4.72. The molecule has 0 spiro atoms. The zero-order valence-corrected chi connectivity index (χ0v) is 14.9. The summed E-state index contributed by atoms with van der Waals surface area (Å²) in [6.45, 7) is 0.653. The first-order valence-electron chi connectivity index (χ1n) is 8.80. The third-order valence-electron chi connectivity index (χ3n) is 5.02. The highest BCUT2D eigenvalue weighted by Crippen LogP contribution is 2.51. The molecule has 2 aromatic rings. The minimum atomic E-state index is -0.395. The molecule has 0 atom stereocenters. The lowest BCUT2D eigenvalue weighted by atomic mass is 9.92. The molecule has 3 rings (SSSR count). The first kappa shape index (κ1) is 18.0. The Kier molecular flexibility index (Phi) is 5.26. The van der Waals surface area contributed by atoms with Gasteiger partial charge in [0.1, 0.15) is 0 Å². The summed E-state index contributed by atoms with van der Waals surface area (Å²) in [5, 5.41) is 2.89. The summed E-state index contributed by atoms with van der Waals surface area (Å²) in [5.74, 6) is -0.145. The minimum Gasteiger partial charge on any atom is -0.351 e. The SMILES string of the molecule is CN(CCC1(c2ccc(NC(=O)[CH]c3ccccc3)cc2)CC1)C(N)=O. The van der Waals surface area contributed by atoms with Gasteiger partial charge in [0.15, 0.2) is 0 Å². The fourth-order valence-electron chi connectivity index (χ4n) is 3.11. The Morgan fingerprint density at radius 1 is 1.12 bits per heavy atom. The van der Waals surface area contributed by atoms with Crippen LogP contribution in [0, 0.1) is 6.42 Å². The molecular formula is C21H24N3O2. The van der Waals surface area contributed by atoms with E-state index < -0.39 is 6.03 Å². The molecule has 1 aliphatic rings. The molecule has 0 unspecified atom stereocenters. The van der Waals surface area contributed by atoms with Crippen molar-refractivity contribution in [2.24, 2.45) is 5.73 Å². The zero-order chi connectivity index (χ0) is 18.6. The predicted molar refractivity (Wildman–Crippen MR) is 103 cm³/mol. The van der Waals surface area contributed by atoms with Crippen LogP contribution in [0.3, 0.4) is 0 Å². The average molecular weight is 350 g/mol. The van der Waals surface area contributed by atoms with Gasteiger partial charge in [-0.05, 0) is 47.9 Å². The van der Waals surface area contributed by atoms with E-state index in [0.717, 1.165) is 30.5 Å². The van der Waals surface area contributed by atoms with Crippen molar-refractivity contribution in [3.05, 3.63) is 72.1 Å². The van der Waals surface area contributed by atoms with Crippen LogP contribution in [-0.4, -0.2) is 30.4 Å². The number of nitrogens with two attached hydrogens (primary N) is 1. The first-order chi connectivity index (χ1) is 12.5. The largest absolute Gasteiger partial charge is 0.351 e. The molecule has 1 radical (unpaired) electrons. The standard InChI is InChI=1S/C21H24N3O2/c1-24(20(22)26)14-13-21(11-12-21)17-7-9-18(10-8-17)23-19(25)15-16-5-3-2-4-6-16/h2-10,15H,11-14H2,1H3,(H2,22,26)(H,23,25). The summed E-state index contributed by atoms with van der Waals surface area (Å²) in [7, 11) is 1.72. The molecule has 0 aliphatic heterocycles. The van der Waals surface area contributed by atoms with E-state index in [1.54, 1.807) is 18.4 Å². The van der Waals surface area contributed by atoms with Gasteiger partial charge in [-0.15, -0.1) is 0 Å². The van der Waals surface area contributed by atoms with E-state index in [2.05, 4.69) is 17.4 Å². The maximum absolute atomic E-state index is 12.1. The normalized spacial score (nSPS) is 14.5. The van der Waals surface area contributed by atoms with Crippen molar-refractivity contribution in [2.75, 3.05) is 18.9 Å². The smallest absolute Gasteiger partial charge is 0.314 e. The second-order valence-corrected chi connectivity index (χ2v) is 6.91. The quantitative estimate of drug-likeness (QED) is 0.804. The number of amides is 3. The first-order valence-corrected chi connectivity index (χ1v) is 8.80. The van der Waals surface area contributed by atoms with Crippen molar-refractivity contribution in [3.63, 3.8) is 0 Å². The van der Waals surface area contributed by atoms with Crippen molar-refractivity contribution in [1.29, 1.82) is 0 Å². The van der Waals surface area contributed by atoms with Crippen LogP contribution in [0.2, 0.25) is 0 Å². The number of benzene rings is 2. The number of hydrogen-bond acceptors (Lipinski definition) is 2. The highest BCUT2D eigenvalue weighted by atomic mass is 16.2. The van der Waals surface area contributed by atoms with Gasteiger partial charge in [0, 0.05) is 19.3 Å². The Hall–Kier alpha value is -2.82. The number of carbonyl (C=O) groups excluding carboxylic acids is 2. The van der Waals surface area contributed by atoms with Gasteiger partial charge >= 0.3 is 6.03 Å². The lowest BCUT2D eigenvalue weighted by Crippen LogP contribution is -2.34. The Labute approximate surface area is 154 Å². The molecular weight excluding hydrogens is 326 g/mol. The van der Waals surface area contributed by atoms with Gasteiger partial charge in [0.05, 0.1) is 6.42 Å². The maximum Gasteiger partial charge on any atom is 0.314 e. The fourth-order valence-corrected chi connectivity index (χ4v) is 3.11.